The van der Waals surface area contributed by atoms with Crippen molar-refractivity contribution in [1.82, 2.24) is 0 Å². The van der Waals surface area contributed by atoms with E-state index < -0.39 is 0 Å². The quantitative estimate of drug-likeness (QED) is 0.747. The molecule has 0 spiro atoms. The Morgan fingerprint density at radius 2 is 1.90 bits per heavy atom. The molecule has 1 N–H and O–H groups in total. The highest BCUT2D eigenvalue weighted by Gasteiger charge is 2.52. The lowest BCUT2D eigenvalue weighted by atomic mass is 9.65. The minimum atomic E-state index is 0.520. The van der Waals surface area contributed by atoms with Gasteiger partial charge in [-0.25, -0.2) is 0 Å². The Morgan fingerprint density at radius 3 is 2.65 bits per heavy atom. The first kappa shape index (κ1) is 13.7. The third kappa shape index (κ3) is 2.91. The molecular formula is C19H26N+. The van der Waals surface area contributed by atoms with Crippen LogP contribution in [-0.2, 0) is 0 Å². The molecule has 1 heteroatoms. The molecule has 0 radical (unpaired) electrons. The van der Waals surface area contributed by atoms with Crippen molar-refractivity contribution in [1.29, 1.82) is 0 Å². The van der Waals surface area contributed by atoms with Crippen molar-refractivity contribution in [3.63, 3.8) is 0 Å². The monoisotopic (exact) mass is 268 g/mol. The van der Waals surface area contributed by atoms with Crippen molar-refractivity contribution in [3.05, 3.63) is 35.9 Å². The van der Waals surface area contributed by atoms with Crippen LogP contribution in [0.3, 0.4) is 0 Å². The summed E-state index contributed by atoms with van der Waals surface area (Å²) >= 11 is 0. The molecule has 106 valence electrons. The predicted octanol–water partition coefficient (Wildman–Crippen LogP) is 2.52. The van der Waals surface area contributed by atoms with Crippen LogP contribution in [0.25, 0.3) is 0 Å². The van der Waals surface area contributed by atoms with Crippen LogP contribution < -0.4 is 4.90 Å². The fourth-order valence-corrected chi connectivity index (χ4v) is 4.74. The van der Waals surface area contributed by atoms with Crippen molar-refractivity contribution in [2.45, 2.75) is 46.1 Å². The predicted molar refractivity (Wildman–Crippen MR) is 83.5 cm³/mol. The van der Waals surface area contributed by atoms with Gasteiger partial charge in [0.2, 0.25) is 0 Å². The summed E-state index contributed by atoms with van der Waals surface area (Å²) < 4.78 is 0. The van der Waals surface area contributed by atoms with Gasteiger partial charge in [0.1, 0.15) is 6.54 Å². The summed E-state index contributed by atoms with van der Waals surface area (Å²) in [6.07, 6.45) is 4.15. The normalized spacial score (nSPS) is 34.4. The van der Waals surface area contributed by atoms with E-state index in [9.17, 15) is 0 Å². The van der Waals surface area contributed by atoms with E-state index in [0.29, 0.717) is 10.8 Å². The lowest BCUT2D eigenvalue weighted by Gasteiger charge is -2.37. The number of rotatable bonds is 1. The summed E-state index contributed by atoms with van der Waals surface area (Å²) in [6.45, 7) is 9.68. The Labute approximate surface area is 123 Å². The van der Waals surface area contributed by atoms with E-state index in [1.807, 2.05) is 6.07 Å². The minimum absolute atomic E-state index is 0.520. The van der Waals surface area contributed by atoms with E-state index in [0.717, 1.165) is 18.2 Å². The van der Waals surface area contributed by atoms with Crippen LogP contribution in [-0.4, -0.2) is 19.1 Å². The number of nitrogens with one attached hydrogen (secondary N) is 1. The van der Waals surface area contributed by atoms with Crippen LogP contribution in [0.4, 0.5) is 0 Å². The third-order valence-corrected chi connectivity index (χ3v) is 5.00. The fraction of sp³-hybridized carbons (Fsp3) is 0.579. The lowest BCUT2D eigenvalue weighted by Crippen LogP contribution is -3.13. The van der Waals surface area contributed by atoms with E-state index in [-0.39, 0.29) is 0 Å². The molecule has 1 saturated heterocycles. The van der Waals surface area contributed by atoms with Crippen molar-refractivity contribution in [3.8, 4) is 11.8 Å². The Kier molecular flexibility index (Phi) is 3.38. The van der Waals surface area contributed by atoms with Crippen LogP contribution >= 0.6 is 0 Å². The van der Waals surface area contributed by atoms with Gasteiger partial charge in [0, 0.05) is 23.8 Å². The Morgan fingerprint density at radius 1 is 1.15 bits per heavy atom. The number of quaternary nitrogens is 1. The Bertz CT molecular complexity index is 534. The Hall–Kier alpha value is -1.26. The summed E-state index contributed by atoms with van der Waals surface area (Å²) in [5, 5.41) is 0. The van der Waals surface area contributed by atoms with Gasteiger partial charge in [-0.15, -0.1) is 0 Å². The minimum Gasteiger partial charge on any atom is -0.322 e. The maximum atomic E-state index is 3.41. The maximum absolute atomic E-state index is 3.41. The second-order valence-electron chi connectivity index (χ2n) is 7.94. The van der Waals surface area contributed by atoms with Crippen LogP contribution in [0.2, 0.25) is 0 Å². The molecule has 3 unspecified atom stereocenters. The third-order valence-electron chi connectivity index (χ3n) is 5.00. The first-order valence-corrected chi connectivity index (χ1v) is 7.84. The average molecular weight is 268 g/mol. The molecule has 20 heavy (non-hydrogen) atoms. The second-order valence-corrected chi connectivity index (χ2v) is 7.94. The fourth-order valence-electron chi connectivity index (χ4n) is 4.74. The highest BCUT2D eigenvalue weighted by atomic mass is 15.2. The first-order chi connectivity index (χ1) is 9.46. The molecule has 3 atom stereocenters. The molecule has 0 aromatic heterocycles. The van der Waals surface area contributed by atoms with Crippen LogP contribution in [0.5, 0.6) is 0 Å². The molecule has 1 heterocycles. The summed E-state index contributed by atoms with van der Waals surface area (Å²) in [6, 6.07) is 11.2. The summed E-state index contributed by atoms with van der Waals surface area (Å²) in [7, 11) is 0. The maximum Gasteiger partial charge on any atom is 0.139 e. The van der Waals surface area contributed by atoms with E-state index in [2.05, 4.69) is 56.9 Å². The van der Waals surface area contributed by atoms with Crippen molar-refractivity contribution in [2.24, 2.45) is 10.8 Å². The van der Waals surface area contributed by atoms with E-state index in [1.54, 1.807) is 4.90 Å². The molecule has 1 aliphatic heterocycles. The second kappa shape index (κ2) is 4.93. The molecule has 1 saturated carbocycles. The van der Waals surface area contributed by atoms with Gasteiger partial charge < -0.3 is 4.90 Å². The van der Waals surface area contributed by atoms with E-state index in [1.165, 1.54) is 25.8 Å². The summed E-state index contributed by atoms with van der Waals surface area (Å²) in [5.74, 6) is 6.73. The molecule has 3 rings (SSSR count). The zero-order chi connectivity index (χ0) is 14.2. The van der Waals surface area contributed by atoms with Gasteiger partial charge in [0.15, 0.2) is 0 Å². The van der Waals surface area contributed by atoms with Gasteiger partial charge in [-0.05, 0) is 29.9 Å². The molecule has 1 nitrogen and oxygen atoms in total. The van der Waals surface area contributed by atoms with Crippen LogP contribution in [0.1, 0.15) is 45.6 Å². The van der Waals surface area contributed by atoms with Gasteiger partial charge in [-0.2, -0.15) is 0 Å². The zero-order valence-corrected chi connectivity index (χ0v) is 13.0. The van der Waals surface area contributed by atoms with E-state index >= 15 is 0 Å². The molecular weight excluding hydrogens is 242 g/mol. The molecule has 0 amide bonds. The highest BCUT2D eigenvalue weighted by Crippen LogP contribution is 2.47. The topological polar surface area (TPSA) is 4.44 Å². The van der Waals surface area contributed by atoms with Gasteiger partial charge in [0.05, 0.1) is 12.6 Å². The summed E-state index contributed by atoms with van der Waals surface area (Å²) in [5.41, 5.74) is 2.21. The number of likely N-dealkylation sites (tertiary alicyclic amines) is 1. The largest absolute Gasteiger partial charge is 0.322 e. The standard InChI is InChI=1S/C19H25N/c1-18(2)12-17-13-19(3,14-18)15-20(17)11-7-10-16-8-5-4-6-9-16/h4-6,8-9,17H,11-15H2,1-3H3/p+1. The van der Waals surface area contributed by atoms with E-state index in [4.69, 9.17) is 0 Å². The SMILES string of the molecule is CC1(C)CC2CC(C)(C[NH+]2CC#Cc2ccccc2)C1. The number of hydrogen-bond acceptors (Lipinski definition) is 0. The van der Waals surface area contributed by atoms with Gasteiger partial charge >= 0.3 is 0 Å². The van der Waals surface area contributed by atoms with Crippen molar-refractivity contribution < 1.29 is 4.90 Å². The molecule has 1 aliphatic carbocycles. The molecule has 1 aromatic carbocycles. The first-order valence-electron chi connectivity index (χ1n) is 7.84. The van der Waals surface area contributed by atoms with Gasteiger partial charge in [0.25, 0.3) is 0 Å². The number of hydrogen-bond donors (Lipinski definition) is 1. The van der Waals surface area contributed by atoms with Crippen molar-refractivity contribution >= 4 is 0 Å². The van der Waals surface area contributed by atoms with Crippen molar-refractivity contribution in [2.75, 3.05) is 13.1 Å². The lowest BCUT2D eigenvalue weighted by molar-refractivity contribution is -0.907. The molecule has 2 aliphatic rings. The smallest absolute Gasteiger partial charge is 0.139 e. The van der Waals surface area contributed by atoms with Gasteiger partial charge in [-0.1, -0.05) is 44.9 Å². The molecule has 1 aromatic rings. The van der Waals surface area contributed by atoms with Crippen LogP contribution in [0.15, 0.2) is 30.3 Å². The number of fused-ring (bicyclic) bond motifs is 2. The van der Waals surface area contributed by atoms with Gasteiger partial charge in [-0.3, -0.25) is 0 Å². The van der Waals surface area contributed by atoms with Crippen LogP contribution in [0, 0.1) is 22.7 Å². The summed E-state index contributed by atoms with van der Waals surface area (Å²) in [4.78, 5) is 1.72. The Balaban J connectivity index is 1.67. The molecule has 2 bridgehead atoms. The number of benzene rings is 1. The average Bonchev–Trinajstić information content (AvgIpc) is 2.60. The highest BCUT2D eigenvalue weighted by molar-refractivity contribution is 5.33. The molecule has 2 fully saturated rings. The zero-order valence-electron chi connectivity index (χ0n) is 13.0.